The summed E-state index contributed by atoms with van der Waals surface area (Å²) >= 11 is 0. The number of carbonyl (C=O) groups excluding carboxylic acids is 1. The highest BCUT2D eigenvalue weighted by molar-refractivity contribution is 5.83. The van der Waals surface area contributed by atoms with Crippen molar-refractivity contribution in [2.24, 2.45) is 12.8 Å². The largest absolute Gasteiger partial charge is 0.376 e. The van der Waals surface area contributed by atoms with Crippen molar-refractivity contribution in [2.75, 3.05) is 20.2 Å². The summed E-state index contributed by atoms with van der Waals surface area (Å²) in [5, 5.41) is 0. The molecule has 22 heavy (non-hydrogen) atoms. The van der Waals surface area contributed by atoms with E-state index in [4.69, 9.17) is 10.5 Å². The number of carbonyl (C=O) groups is 1. The van der Waals surface area contributed by atoms with E-state index in [1.165, 1.54) is 0 Å². The maximum absolute atomic E-state index is 12.8. The second-order valence-electron chi connectivity index (χ2n) is 6.62. The maximum Gasteiger partial charge on any atom is 0.242 e. The molecule has 1 aromatic heterocycles. The van der Waals surface area contributed by atoms with Gasteiger partial charge in [-0.2, -0.15) is 0 Å². The molecule has 2 N–H and O–H groups in total. The second kappa shape index (κ2) is 6.01. The molecule has 1 aliphatic carbocycles. The zero-order chi connectivity index (χ0) is 15.7. The quantitative estimate of drug-likeness (QED) is 0.901. The molecule has 122 valence electrons. The zero-order valence-corrected chi connectivity index (χ0v) is 13.5. The topological polar surface area (TPSA) is 73.4 Å². The monoisotopic (exact) mass is 306 g/mol. The lowest BCUT2D eigenvalue weighted by atomic mass is 9.91. The van der Waals surface area contributed by atoms with Crippen molar-refractivity contribution in [3.63, 3.8) is 0 Å². The molecule has 0 aromatic carbocycles. The Balaban J connectivity index is 1.67. The van der Waals surface area contributed by atoms with Gasteiger partial charge in [0.2, 0.25) is 5.91 Å². The highest BCUT2D eigenvalue weighted by Crippen LogP contribution is 2.36. The highest BCUT2D eigenvalue weighted by Gasteiger charge is 2.45. The minimum absolute atomic E-state index is 0.0282. The summed E-state index contributed by atoms with van der Waals surface area (Å²) in [5.41, 5.74) is 5.84. The Morgan fingerprint density at radius 2 is 2.23 bits per heavy atom. The first-order valence-electron chi connectivity index (χ1n) is 8.14. The van der Waals surface area contributed by atoms with Gasteiger partial charge in [-0.15, -0.1) is 0 Å². The molecule has 2 unspecified atom stereocenters. The summed E-state index contributed by atoms with van der Waals surface area (Å²) in [5.74, 6) is 1.38. The van der Waals surface area contributed by atoms with Gasteiger partial charge in [0, 0.05) is 45.6 Å². The van der Waals surface area contributed by atoms with Crippen LogP contribution in [0, 0.1) is 0 Å². The van der Waals surface area contributed by atoms with E-state index in [-0.39, 0.29) is 5.91 Å². The first-order chi connectivity index (χ1) is 10.6. The number of aryl methyl sites for hydroxylation is 1. The van der Waals surface area contributed by atoms with Crippen molar-refractivity contribution in [3.05, 3.63) is 18.2 Å². The Bertz CT molecular complexity index is 536. The molecule has 1 aromatic rings. The van der Waals surface area contributed by atoms with Gasteiger partial charge in [0.25, 0.3) is 0 Å². The minimum atomic E-state index is -0.555. The number of likely N-dealkylation sites (tertiary alicyclic amines) is 1. The zero-order valence-electron chi connectivity index (χ0n) is 13.5. The van der Waals surface area contributed by atoms with E-state index in [2.05, 4.69) is 4.98 Å². The fraction of sp³-hybridized carbons (Fsp3) is 0.750. The van der Waals surface area contributed by atoms with Gasteiger partial charge >= 0.3 is 0 Å². The predicted octanol–water partition coefficient (Wildman–Crippen LogP) is 1.02. The number of methoxy groups -OCH3 is 1. The Hall–Kier alpha value is -1.40. The van der Waals surface area contributed by atoms with Gasteiger partial charge in [0.1, 0.15) is 11.9 Å². The normalized spacial score (nSPS) is 25.6. The van der Waals surface area contributed by atoms with Crippen LogP contribution < -0.4 is 5.73 Å². The fourth-order valence-corrected chi connectivity index (χ4v) is 3.98. The number of imidazole rings is 1. The van der Waals surface area contributed by atoms with Gasteiger partial charge in [-0.25, -0.2) is 4.98 Å². The average molecular weight is 306 g/mol. The van der Waals surface area contributed by atoms with Gasteiger partial charge in [-0.1, -0.05) is 12.8 Å². The molecule has 1 aliphatic heterocycles. The third kappa shape index (κ3) is 2.54. The number of aromatic nitrogens is 2. The van der Waals surface area contributed by atoms with Crippen LogP contribution in [-0.2, 0) is 16.6 Å². The summed E-state index contributed by atoms with van der Waals surface area (Å²) in [7, 11) is 3.68. The summed E-state index contributed by atoms with van der Waals surface area (Å²) in [6.45, 7) is 1.46. The number of hydrogen-bond acceptors (Lipinski definition) is 4. The molecule has 6 heteroatoms. The van der Waals surface area contributed by atoms with Crippen LogP contribution >= 0.6 is 0 Å². The lowest BCUT2D eigenvalue weighted by Crippen LogP contribution is -2.56. The summed E-state index contributed by atoms with van der Waals surface area (Å²) in [6.07, 6.45) is 8.65. The number of rotatable bonds is 4. The van der Waals surface area contributed by atoms with Gasteiger partial charge in [0.05, 0.1) is 5.60 Å². The Labute approximate surface area is 131 Å². The van der Waals surface area contributed by atoms with Crippen LogP contribution in [0.1, 0.15) is 43.8 Å². The number of nitrogens with zero attached hydrogens (tertiary/aromatic N) is 3. The number of nitrogens with two attached hydrogens (primary N) is 1. The number of ether oxygens (including phenoxy) is 1. The predicted molar refractivity (Wildman–Crippen MR) is 83.3 cm³/mol. The van der Waals surface area contributed by atoms with Crippen molar-refractivity contribution in [1.29, 1.82) is 0 Å². The molecule has 1 saturated carbocycles. The Morgan fingerprint density at radius 3 is 2.82 bits per heavy atom. The Morgan fingerprint density at radius 1 is 1.50 bits per heavy atom. The smallest absolute Gasteiger partial charge is 0.242 e. The molecule has 1 amide bonds. The first-order valence-corrected chi connectivity index (χ1v) is 8.14. The third-order valence-corrected chi connectivity index (χ3v) is 5.41. The summed E-state index contributed by atoms with van der Waals surface area (Å²) in [6, 6.07) is -0.555. The Kier molecular flexibility index (Phi) is 4.23. The molecule has 2 fully saturated rings. The molecule has 2 heterocycles. The minimum Gasteiger partial charge on any atom is -0.376 e. The third-order valence-electron chi connectivity index (χ3n) is 5.41. The van der Waals surface area contributed by atoms with Crippen molar-refractivity contribution in [3.8, 4) is 0 Å². The fourth-order valence-electron chi connectivity index (χ4n) is 3.98. The molecule has 0 bridgehead atoms. The maximum atomic E-state index is 12.8. The van der Waals surface area contributed by atoms with E-state index in [0.717, 1.165) is 44.5 Å². The van der Waals surface area contributed by atoms with E-state index in [1.54, 1.807) is 7.11 Å². The van der Waals surface area contributed by atoms with Crippen molar-refractivity contribution in [2.45, 2.75) is 49.7 Å². The van der Waals surface area contributed by atoms with Gasteiger partial charge in [0.15, 0.2) is 0 Å². The molecular weight excluding hydrogens is 280 g/mol. The van der Waals surface area contributed by atoms with Crippen molar-refractivity contribution in [1.82, 2.24) is 14.5 Å². The van der Waals surface area contributed by atoms with Crippen molar-refractivity contribution < 1.29 is 9.53 Å². The summed E-state index contributed by atoms with van der Waals surface area (Å²) < 4.78 is 7.70. The van der Waals surface area contributed by atoms with Crippen LogP contribution in [0.2, 0.25) is 0 Å². The number of hydrogen-bond donors (Lipinski definition) is 1. The number of amides is 1. The lowest BCUT2D eigenvalue weighted by molar-refractivity contribution is -0.140. The molecule has 0 spiro atoms. The van der Waals surface area contributed by atoms with E-state index in [1.807, 2.05) is 28.9 Å². The molecule has 3 rings (SSSR count). The SMILES string of the molecule is COC1(C(N)C(=O)N2CCC(c3nccn3C)C2)CCCC1. The van der Waals surface area contributed by atoms with E-state index in [9.17, 15) is 4.79 Å². The van der Waals surface area contributed by atoms with Crippen LogP contribution in [0.15, 0.2) is 12.4 Å². The van der Waals surface area contributed by atoms with Crippen LogP contribution in [0.4, 0.5) is 0 Å². The summed E-state index contributed by atoms with van der Waals surface area (Å²) in [4.78, 5) is 19.1. The lowest BCUT2D eigenvalue weighted by Gasteiger charge is -2.35. The average Bonchev–Trinajstić information content (AvgIpc) is 3.25. The van der Waals surface area contributed by atoms with E-state index < -0.39 is 11.6 Å². The van der Waals surface area contributed by atoms with Crippen molar-refractivity contribution >= 4 is 5.91 Å². The standard InChI is InChI=1S/C16H26N4O2/c1-19-10-8-18-14(19)12-5-9-20(11-12)15(21)13(17)16(22-2)6-3-4-7-16/h8,10,12-13H,3-7,9,11,17H2,1-2H3. The second-order valence-corrected chi connectivity index (χ2v) is 6.62. The van der Waals surface area contributed by atoms with Crippen LogP contribution in [0.3, 0.4) is 0 Å². The molecule has 6 nitrogen and oxygen atoms in total. The molecule has 0 radical (unpaired) electrons. The van der Waals surface area contributed by atoms with E-state index in [0.29, 0.717) is 12.5 Å². The van der Waals surface area contributed by atoms with Gasteiger partial charge in [-0.3, -0.25) is 4.79 Å². The highest BCUT2D eigenvalue weighted by atomic mass is 16.5. The van der Waals surface area contributed by atoms with E-state index >= 15 is 0 Å². The molecule has 2 atom stereocenters. The molecular formula is C16H26N4O2. The van der Waals surface area contributed by atoms with Gasteiger partial charge in [-0.05, 0) is 19.3 Å². The van der Waals surface area contributed by atoms with Gasteiger partial charge < -0.3 is 19.9 Å². The first kappa shape index (κ1) is 15.5. The molecule has 1 saturated heterocycles. The van der Waals surface area contributed by atoms with Crippen LogP contribution in [0.5, 0.6) is 0 Å². The molecule has 2 aliphatic rings. The van der Waals surface area contributed by atoms with Crippen LogP contribution in [0.25, 0.3) is 0 Å². The van der Waals surface area contributed by atoms with Crippen LogP contribution in [-0.4, -0.2) is 52.2 Å².